The summed E-state index contributed by atoms with van der Waals surface area (Å²) in [6, 6.07) is 8.67. The van der Waals surface area contributed by atoms with Gasteiger partial charge in [0.15, 0.2) is 5.17 Å². The van der Waals surface area contributed by atoms with Gasteiger partial charge < -0.3 is 4.90 Å². The number of aliphatic imine (C=N–C) groups is 1. The molecule has 0 spiro atoms. The second-order valence-electron chi connectivity index (χ2n) is 3.75. The summed E-state index contributed by atoms with van der Waals surface area (Å²) in [5, 5.41) is 9.46. The molecule has 1 aromatic rings. The predicted octanol–water partition coefficient (Wildman–Crippen LogP) is 2.64. The minimum Gasteiger partial charge on any atom is -0.317 e. The van der Waals surface area contributed by atoms with Gasteiger partial charge in [-0.1, -0.05) is 30.0 Å². The van der Waals surface area contributed by atoms with Crippen molar-refractivity contribution in [3.8, 4) is 6.19 Å². The van der Waals surface area contributed by atoms with Crippen LogP contribution in [0.25, 0.3) is 0 Å². The highest BCUT2D eigenvalue weighted by molar-refractivity contribution is 8.13. The van der Waals surface area contributed by atoms with Gasteiger partial charge >= 0.3 is 0 Å². The first-order valence-electron chi connectivity index (χ1n) is 5.16. The van der Waals surface area contributed by atoms with E-state index in [4.69, 9.17) is 5.26 Å². The Morgan fingerprint density at radius 1 is 1.56 bits per heavy atom. The van der Waals surface area contributed by atoms with E-state index in [1.165, 1.54) is 23.0 Å². The first-order valence-corrected chi connectivity index (χ1v) is 6.38. The maximum Gasteiger partial charge on any atom is 0.208 e. The number of rotatable bonds is 0. The van der Waals surface area contributed by atoms with E-state index < -0.39 is 0 Å². The van der Waals surface area contributed by atoms with Gasteiger partial charge in [-0.05, 0) is 31.2 Å². The van der Waals surface area contributed by atoms with E-state index in [-0.39, 0.29) is 0 Å². The lowest BCUT2D eigenvalue weighted by Gasteiger charge is -2.24. The molecule has 0 saturated heterocycles. The van der Waals surface area contributed by atoms with Gasteiger partial charge in [0.1, 0.15) is 0 Å². The third kappa shape index (κ3) is 1.79. The molecule has 2 rings (SSSR count). The third-order valence-corrected chi connectivity index (χ3v) is 3.39. The van der Waals surface area contributed by atoms with Crippen molar-refractivity contribution in [2.75, 3.05) is 11.2 Å². The second kappa shape index (κ2) is 4.58. The molecule has 82 valence electrons. The fraction of sp³-hybridized carbons (Fsp3) is 0.333. The van der Waals surface area contributed by atoms with Gasteiger partial charge in [-0.2, -0.15) is 5.26 Å². The highest BCUT2D eigenvalue weighted by Gasteiger charge is 2.28. The molecule has 0 saturated carbocycles. The smallest absolute Gasteiger partial charge is 0.208 e. The Bertz CT molecular complexity index is 462. The van der Waals surface area contributed by atoms with Gasteiger partial charge in [0.05, 0.1) is 0 Å². The summed E-state index contributed by atoms with van der Waals surface area (Å²) >= 11 is 1.51. The number of hydrogen-bond donors (Lipinski definition) is 0. The predicted molar refractivity (Wildman–Crippen MR) is 68.7 cm³/mol. The van der Waals surface area contributed by atoms with E-state index in [0.717, 1.165) is 11.6 Å². The Kier molecular flexibility index (Phi) is 3.16. The Morgan fingerprint density at radius 3 is 3.00 bits per heavy atom. The molecular weight excluding hydrogens is 218 g/mol. The second-order valence-corrected chi connectivity index (χ2v) is 4.52. The van der Waals surface area contributed by atoms with E-state index in [1.54, 1.807) is 0 Å². The number of fused-ring (bicyclic) bond motifs is 1. The number of nitriles is 1. The van der Waals surface area contributed by atoms with E-state index in [2.05, 4.69) is 35.0 Å². The Balaban J connectivity index is 2.43. The van der Waals surface area contributed by atoms with Gasteiger partial charge in [-0.3, -0.25) is 0 Å². The summed E-state index contributed by atoms with van der Waals surface area (Å²) in [6.07, 6.45) is 4.84. The molecule has 4 heteroatoms. The van der Waals surface area contributed by atoms with E-state index in [9.17, 15) is 0 Å². The normalized spacial score (nSPS) is 19.4. The molecule has 0 bridgehead atoms. The summed E-state index contributed by atoms with van der Waals surface area (Å²) in [7, 11) is 0. The van der Waals surface area contributed by atoms with Crippen LogP contribution < -0.4 is 4.90 Å². The van der Waals surface area contributed by atoms with Gasteiger partial charge in [-0.25, -0.2) is 0 Å². The van der Waals surface area contributed by atoms with Crippen LogP contribution in [-0.2, 0) is 6.42 Å². The molecule has 0 amide bonds. The maximum atomic E-state index is 8.68. The van der Waals surface area contributed by atoms with Gasteiger partial charge in [0.2, 0.25) is 6.19 Å². The Morgan fingerprint density at radius 2 is 2.31 bits per heavy atom. The van der Waals surface area contributed by atoms with E-state index in [1.807, 2.05) is 18.5 Å². The van der Waals surface area contributed by atoms with Crippen LogP contribution in [0.2, 0.25) is 0 Å². The van der Waals surface area contributed by atoms with Crippen molar-refractivity contribution in [2.24, 2.45) is 4.99 Å². The van der Waals surface area contributed by atoms with Crippen LogP contribution in [0.4, 0.5) is 5.69 Å². The highest BCUT2D eigenvalue weighted by Crippen LogP contribution is 2.33. The van der Waals surface area contributed by atoms with Gasteiger partial charge in [-0.15, -0.1) is 4.99 Å². The fourth-order valence-corrected chi connectivity index (χ4v) is 2.70. The zero-order valence-corrected chi connectivity index (χ0v) is 10.2. The molecule has 1 aliphatic heterocycles. The number of anilines is 1. The largest absolute Gasteiger partial charge is 0.317 e. The molecule has 16 heavy (non-hydrogen) atoms. The van der Waals surface area contributed by atoms with Crippen LogP contribution in [0.15, 0.2) is 29.3 Å². The summed E-state index contributed by atoms with van der Waals surface area (Å²) in [5.41, 5.74) is 2.51. The number of hydrogen-bond acceptors (Lipinski definition) is 3. The molecule has 0 fully saturated rings. The standard InChI is InChI=1S/C12H13N3S/c1-9-7-10-5-3-4-6-11(10)15(9)12(16-2)14-8-13/h3-6,9H,7H2,1-2H3. The molecule has 1 atom stereocenters. The SMILES string of the molecule is CSC(=NC#N)N1c2ccccc2CC1C. The van der Waals surface area contributed by atoms with Crippen molar-refractivity contribution in [1.82, 2.24) is 0 Å². The fourth-order valence-electron chi connectivity index (χ4n) is 2.10. The van der Waals surface area contributed by atoms with Crippen LogP contribution in [0.1, 0.15) is 12.5 Å². The number of amidine groups is 1. The average Bonchev–Trinajstić information content (AvgIpc) is 2.62. The summed E-state index contributed by atoms with van der Waals surface area (Å²) < 4.78 is 0. The summed E-state index contributed by atoms with van der Waals surface area (Å²) in [5.74, 6) is 0. The molecule has 1 aliphatic rings. The van der Waals surface area contributed by atoms with Crippen molar-refractivity contribution >= 4 is 22.6 Å². The molecule has 1 heterocycles. The van der Waals surface area contributed by atoms with Crippen molar-refractivity contribution in [1.29, 1.82) is 5.26 Å². The number of thioether (sulfide) groups is 1. The first kappa shape index (κ1) is 11.0. The molecule has 1 unspecified atom stereocenters. The maximum absolute atomic E-state index is 8.68. The molecule has 0 aliphatic carbocycles. The molecular formula is C12H13N3S. The third-order valence-electron chi connectivity index (χ3n) is 2.74. The zero-order valence-electron chi connectivity index (χ0n) is 9.34. The molecule has 0 N–H and O–H groups in total. The minimum absolute atomic E-state index is 0.372. The summed E-state index contributed by atoms with van der Waals surface area (Å²) in [4.78, 5) is 6.03. The minimum atomic E-state index is 0.372. The Hall–Kier alpha value is -1.47. The monoisotopic (exact) mass is 231 g/mol. The Labute approximate surface area is 99.8 Å². The number of benzene rings is 1. The molecule has 0 radical (unpaired) electrons. The van der Waals surface area contributed by atoms with Crippen LogP contribution >= 0.6 is 11.8 Å². The van der Waals surface area contributed by atoms with Crippen molar-refractivity contribution in [3.63, 3.8) is 0 Å². The molecule has 0 aromatic heterocycles. The van der Waals surface area contributed by atoms with Crippen LogP contribution in [0.3, 0.4) is 0 Å². The van der Waals surface area contributed by atoms with Gasteiger partial charge in [0.25, 0.3) is 0 Å². The highest BCUT2D eigenvalue weighted by atomic mass is 32.2. The first-order chi connectivity index (χ1) is 7.77. The quantitative estimate of drug-likeness (QED) is 0.391. The molecule has 1 aromatic carbocycles. The average molecular weight is 231 g/mol. The summed E-state index contributed by atoms with van der Waals surface area (Å²) in [6.45, 7) is 2.16. The molecule has 3 nitrogen and oxygen atoms in total. The lowest BCUT2D eigenvalue weighted by atomic mass is 10.1. The van der Waals surface area contributed by atoms with Gasteiger partial charge in [0, 0.05) is 11.7 Å². The van der Waals surface area contributed by atoms with Crippen molar-refractivity contribution < 1.29 is 0 Å². The van der Waals surface area contributed by atoms with Crippen molar-refractivity contribution in [3.05, 3.63) is 29.8 Å². The van der Waals surface area contributed by atoms with Crippen molar-refractivity contribution in [2.45, 2.75) is 19.4 Å². The van der Waals surface area contributed by atoms with Crippen LogP contribution in [0, 0.1) is 11.5 Å². The van der Waals surface area contributed by atoms with Crippen LogP contribution in [0.5, 0.6) is 0 Å². The zero-order chi connectivity index (χ0) is 11.5. The van der Waals surface area contributed by atoms with E-state index in [0.29, 0.717) is 6.04 Å². The van der Waals surface area contributed by atoms with E-state index >= 15 is 0 Å². The number of para-hydroxylation sites is 1. The number of nitrogens with zero attached hydrogens (tertiary/aromatic N) is 3. The topological polar surface area (TPSA) is 39.4 Å². The van der Waals surface area contributed by atoms with Crippen LogP contribution in [-0.4, -0.2) is 17.5 Å². The lowest BCUT2D eigenvalue weighted by Crippen LogP contribution is -2.33. The lowest BCUT2D eigenvalue weighted by molar-refractivity contribution is 0.777.